The zero-order valence-electron chi connectivity index (χ0n) is 9.80. The van der Waals surface area contributed by atoms with Gasteiger partial charge in [0.15, 0.2) is 0 Å². The first-order chi connectivity index (χ1) is 8.84. The highest BCUT2D eigenvalue weighted by Gasteiger charge is 2.20. The summed E-state index contributed by atoms with van der Waals surface area (Å²) in [4.78, 5) is 0.754. The lowest BCUT2D eigenvalue weighted by Gasteiger charge is -2.17. The molecule has 1 N–H and O–H groups in total. The third kappa shape index (κ3) is 2.09. The normalized spacial score (nSPS) is 18.2. The van der Waals surface area contributed by atoms with Gasteiger partial charge in [-0.3, -0.25) is 0 Å². The molecular weight excluding hydrogens is 242 g/mol. The van der Waals surface area contributed by atoms with Crippen LogP contribution >= 0.6 is 12.2 Å². The van der Waals surface area contributed by atoms with Crippen LogP contribution in [-0.4, -0.2) is 11.5 Å². The molecular formula is C15H13NOS. The van der Waals surface area contributed by atoms with Crippen molar-refractivity contribution in [3.63, 3.8) is 0 Å². The Labute approximate surface area is 112 Å². The molecule has 0 bridgehead atoms. The molecule has 0 amide bonds. The molecule has 1 aliphatic heterocycles. The molecule has 18 heavy (non-hydrogen) atoms. The third-order valence-electron chi connectivity index (χ3n) is 3.02. The second kappa shape index (κ2) is 4.78. The maximum atomic E-state index is 6.06. The number of para-hydroxylation sites is 1. The maximum Gasteiger partial charge on any atom is 0.141 e. The van der Waals surface area contributed by atoms with Crippen LogP contribution in [0.15, 0.2) is 54.6 Å². The average molecular weight is 255 g/mol. The van der Waals surface area contributed by atoms with E-state index in [2.05, 4.69) is 17.4 Å². The fraction of sp³-hybridized carbons (Fsp3) is 0.133. The summed E-state index contributed by atoms with van der Waals surface area (Å²) in [5.74, 6) is 0.848. The summed E-state index contributed by atoms with van der Waals surface area (Å²) in [7, 11) is 0. The van der Waals surface area contributed by atoms with Crippen molar-refractivity contribution in [2.24, 2.45) is 0 Å². The second-order valence-electron chi connectivity index (χ2n) is 4.22. The Hall–Kier alpha value is -1.87. The van der Waals surface area contributed by atoms with Gasteiger partial charge >= 0.3 is 0 Å². The van der Waals surface area contributed by atoms with Gasteiger partial charge in [-0.15, -0.1) is 0 Å². The van der Waals surface area contributed by atoms with Gasteiger partial charge in [-0.1, -0.05) is 54.7 Å². The van der Waals surface area contributed by atoms with Crippen molar-refractivity contribution in [2.45, 2.75) is 6.10 Å². The smallest absolute Gasteiger partial charge is 0.141 e. The molecule has 1 heterocycles. The standard InChI is InChI=1S/C15H13NOS/c18-15-12-8-4-5-9-13(12)17-14(10-16-15)11-6-2-1-3-7-11/h1-9,14H,10H2,(H,16,18)/t14-/m1/s1. The molecule has 3 rings (SSSR count). The van der Waals surface area contributed by atoms with Crippen LogP contribution in [0, 0.1) is 0 Å². The largest absolute Gasteiger partial charge is 0.483 e. The number of hydrogen-bond acceptors (Lipinski definition) is 2. The number of benzene rings is 2. The van der Waals surface area contributed by atoms with E-state index in [0.29, 0.717) is 6.54 Å². The molecule has 0 fully saturated rings. The van der Waals surface area contributed by atoms with Gasteiger partial charge in [-0.25, -0.2) is 0 Å². The summed E-state index contributed by atoms with van der Waals surface area (Å²) >= 11 is 5.36. The minimum Gasteiger partial charge on any atom is -0.483 e. The van der Waals surface area contributed by atoms with Crippen molar-refractivity contribution in [3.05, 3.63) is 65.7 Å². The van der Waals surface area contributed by atoms with Crippen LogP contribution in [0.25, 0.3) is 0 Å². The highest BCUT2D eigenvalue weighted by Crippen LogP contribution is 2.27. The maximum absolute atomic E-state index is 6.06. The lowest BCUT2D eigenvalue weighted by molar-refractivity contribution is 0.212. The zero-order valence-corrected chi connectivity index (χ0v) is 10.6. The number of thiocarbonyl (C=S) groups is 1. The van der Waals surface area contributed by atoms with Crippen LogP contribution in [0.2, 0.25) is 0 Å². The van der Waals surface area contributed by atoms with Gasteiger partial charge in [-0.2, -0.15) is 0 Å². The van der Waals surface area contributed by atoms with Crippen molar-refractivity contribution in [1.82, 2.24) is 5.32 Å². The van der Waals surface area contributed by atoms with E-state index in [0.717, 1.165) is 21.9 Å². The monoisotopic (exact) mass is 255 g/mol. The predicted molar refractivity (Wildman–Crippen MR) is 76.0 cm³/mol. The number of fused-ring (bicyclic) bond motifs is 1. The summed E-state index contributed by atoms with van der Waals surface area (Å²) in [6.45, 7) is 0.692. The Kier molecular flexibility index (Phi) is 2.99. The van der Waals surface area contributed by atoms with E-state index in [4.69, 9.17) is 17.0 Å². The summed E-state index contributed by atoms with van der Waals surface area (Å²) < 4.78 is 6.06. The molecule has 0 spiro atoms. The fourth-order valence-electron chi connectivity index (χ4n) is 2.09. The quantitative estimate of drug-likeness (QED) is 0.791. The number of nitrogens with one attached hydrogen (secondary N) is 1. The van der Waals surface area contributed by atoms with Crippen LogP contribution in [0.4, 0.5) is 0 Å². The first kappa shape index (κ1) is 11.2. The van der Waals surface area contributed by atoms with E-state index < -0.39 is 0 Å². The van der Waals surface area contributed by atoms with Crippen LogP contribution in [-0.2, 0) is 0 Å². The molecule has 0 aromatic heterocycles. The Morgan fingerprint density at radius 1 is 1.00 bits per heavy atom. The van der Waals surface area contributed by atoms with E-state index in [9.17, 15) is 0 Å². The Morgan fingerprint density at radius 3 is 2.56 bits per heavy atom. The van der Waals surface area contributed by atoms with Crippen LogP contribution in [0.3, 0.4) is 0 Å². The third-order valence-corrected chi connectivity index (χ3v) is 3.38. The van der Waals surface area contributed by atoms with Crippen molar-refractivity contribution in [3.8, 4) is 5.75 Å². The molecule has 3 heteroatoms. The Balaban J connectivity index is 1.97. The van der Waals surface area contributed by atoms with E-state index in [1.54, 1.807) is 0 Å². The van der Waals surface area contributed by atoms with Gasteiger partial charge in [0.2, 0.25) is 0 Å². The first-order valence-electron chi connectivity index (χ1n) is 5.93. The summed E-state index contributed by atoms with van der Waals surface area (Å²) in [5, 5.41) is 3.26. The molecule has 0 saturated heterocycles. The molecule has 2 nitrogen and oxygen atoms in total. The molecule has 0 saturated carbocycles. The SMILES string of the molecule is S=C1NC[C@H](c2ccccc2)Oc2ccccc21. The first-order valence-corrected chi connectivity index (χ1v) is 6.34. The number of hydrogen-bond donors (Lipinski definition) is 1. The summed E-state index contributed by atoms with van der Waals surface area (Å²) in [6.07, 6.45) is -0.00667. The average Bonchev–Trinajstić information content (AvgIpc) is 2.60. The number of ether oxygens (including phenoxy) is 1. The van der Waals surface area contributed by atoms with Crippen molar-refractivity contribution in [1.29, 1.82) is 0 Å². The Morgan fingerprint density at radius 2 is 1.72 bits per heavy atom. The molecule has 2 aromatic carbocycles. The minimum atomic E-state index is -0.00667. The topological polar surface area (TPSA) is 21.3 Å². The minimum absolute atomic E-state index is 0.00667. The molecule has 2 aromatic rings. The van der Waals surface area contributed by atoms with E-state index in [1.165, 1.54) is 0 Å². The van der Waals surface area contributed by atoms with Crippen molar-refractivity contribution < 1.29 is 4.74 Å². The molecule has 1 atom stereocenters. The molecule has 0 unspecified atom stereocenters. The Bertz CT molecular complexity index is 568. The zero-order chi connectivity index (χ0) is 12.4. The van der Waals surface area contributed by atoms with Crippen LogP contribution < -0.4 is 10.1 Å². The summed E-state index contributed by atoms with van der Waals surface area (Å²) in [5.41, 5.74) is 2.12. The van der Waals surface area contributed by atoms with Gasteiger partial charge in [-0.05, 0) is 17.7 Å². The highest BCUT2D eigenvalue weighted by atomic mass is 32.1. The summed E-state index contributed by atoms with van der Waals surface area (Å²) in [6, 6.07) is 18.1. The van der Waals surface area contributed by atoms with E-state index in [1.807, 2.05) is 42.5 Å². The fourth-order valence-corrected chi connectivity index (χ4v) is 2.34. The lowest BCUT2D eigenvalue weighted by Crippen LogP contribution is -2.26. The molecule has 0 aliphatic carbocycles. The molecule has 90 valence electrons. The van der Waals surface area contributed by atoms with Gasteiger partial charge in [0.25, 0.3) is 0 Å². The van der Waals surface area contributed by atoms with E-state index in [-0.39, 0.29) is 6.10 Å². The number of rotatable bonds is 1. The molecule has 0 radical (unpaired) electrons. The predicted octanol–water partition coefficient (Wildman–Crippen LogP) is 3.09. The van der Waals surface area contributed by atoms with Crippen molar-refractivity contribution >= 4 is 17.2 Å². The second-order valence-corrected chi connectivity index (χ2v) is 4.63. The highest BCUT2D eigenvalue weighted by molar-refractivity contribution is 7.80. The van der Waals surface area contributed by atoms with Gasteiger partial charge in [0.05, 0.1) is 12.1 Å². The van der Waals surface area contributed by atoms with Gasteiger partial charge in [0, 0.05) is 0 Å². The van der Waals surface area contributed by atoms with Crippen LogP contribution in [0.5, 0.6) is 5.75 Å². The molecule has 1 aliphatic rings. The van der Waals surface area contributed by atoms with Gasteiger partial charge < -0.3 is 10.1 Å². The van der Waals surface area contributed by atoms with Crippen LogP contribution in [0.1, 0.15) is 17.2 Å². The van der Waals surface area contributed by atoms with Gasteiger partial charge in [0.1, 0.15) is 16.8 Å². The lowest BCUT2D eigenvalue weighted by atomic mass is 10.1. The van der Waals surface area contributed by atoms with Crippen molar-refractivity contribution in [2.75, 3.05) is 6.54 Å². The van der Waals surface area contributed by atoms with E-state index >= 15 is 0 Å².